The van der Waals surface area contributed by atoms with Gasteiger partial charge in [-0.1, -0.05) is 0 Å². The Morgan fingerprint density at radius 1 is 1.47 bits per heavy atom. The second-order valence-corrected chi connectivity index (χ2v) is 5.36. The molecule has 0 aliphatic heterocycles. The minimum absolute atomic E-state index is 0.0361. The third-order valence-electron chi connectivity index (χ3n) is 2.79. The van der Waals surface area contributed by atoms with Crippen molar-refractivity contribution in [3.05, 3.63) is 17.5 Å². The number of aromatic nitrogens is 2. The lowest BCUT2D eigenvalue weighted by atomic mass is 10.1. The topological polar surface area (TPSA) is 34.9 Å². The molecular formula is C12H18N2O. The van der Waals surface area contributed by atoms with Crippen LogP contribution in [-0.2, 0) is 5.54 Å². The number of rotatable bonds is 2. The van der Waals surface area contributed by atoms with E-state index in [1.165, 1.54) is 12.8 Å². The summed E-state index contributed by atoms with van der Waals surface area (Å²) in [6.07, 6.45) is 4.12. The van der Waals surface area contributed by atoms with Crippen LogP contribution in [0, 0.1) is 0 Å². The highest BCUT2D eigenvalue weighted by Gasteiger charge is 2.34. The molecule has 1 heterocycles. The van der Waals surface area contributed by atoms with Gasteiger partial charge in [0, 0.05) is 5.92 Å². The highest BCUT2D eigenvalue weighted by atomic mass is 16.1. The van der Waals surface area contributed by atoms with Crippen LogP contribution in [-0.4, -0.2) is 15.6 Å². The zero-order valence-electron chi connectivity index (χ0n) is 9.87. The van der Waals surface area contributed by atoms with Crippen molar-refractivity contribution in [3.8, 4) is 0 Å². The molecule has 1 fully saturated rings. The summed E-state index contributed by atoms with van der Waals surface area (Å²) in [5, 5.41) is 4.37. The minimum atomic E-state index is -0.0361. The largest absolute Gasteiger partial charge is 0.294 e. The predicted octanol–water partition coefficient (Wildman–Crippen LogP) is 2.72. The Morgan fingerprint density at radius 2 is 2.07 bits per heavy atom. The van der Waals surface area contributed by atoms with Crippen molar-refractivity contribution >= 4 is 5.78 Å². The van der Waals surface area contributed by atoms with Gasteiger partial charge in [-0.2, -0.15) is 5.10 Å². The van der Waals surface area contributed by atoms with E-state index in [-0.39, 0.29) is 11.3 Å². The number of Topliss-reactive ketones (excluding diaryl/α,β-unsaturated/α-hetero) is 1. The van der Waals surface area contributed by atoms with E-state index in [9.17, 15) is 4.79 Å². The zero-order valence-corrected chi connectivity index (χ0v) is 9.87. The molecule has 0 aromatic carbocycles. The molecule has 1 aromatic rings. The number of carbonyl (C=O) groups is 1. The molecule has 82 valence electrons. The normalized spacial score (nSPS) is 16.8. The molecule has 2 rings (SSSR count). The van der Waals surface area contributed by atoms with Gasteiger partial charge in [0.2, 0.25) is 0 Å². The Hall–Kier alpha value is -1.12. The molecule has 0 bridgehead atoms. The van der Waals surface area contributed by atoms with Gasteiger partial charge in [0.1, 0.15) is 0 Å². The quantitative estimate of drug-likeness (QED) is 0.697. The average Bonchev–Trinajstić information content (AvgIpc) is 2.81. The lowest BCUT2D eigenvalue weighted by molar-refractivity contribution is 0.101. The average molecular weight is 206 g/mol. The molecule has 1 aliphatic rings. The highest BCUT2D eigenvalue weighted by Crippen LogP contribution is 2.43. The monoisotopic (exact) mass is 206 g/mol. The Bertz CT molecular complexity index is 394. The van der Waals surface area contributed by atoms with Crippen LogP contribution in [0.5, 0.6) is 0 Å². The highest BCUT2D eigenvalue weighted by molar-refractivity contribution is 5.95. The third-order valence-corrected chi connectivity index (χ3v) is 2.79. The van der Waals surface area contributed by atoms with Gasteiger partial charge in [-0.3, -0.25) is 9.48 Å². The second-order valence-electron chi connectivity index (χ2n) is 5.36. The Kier molecular flexibility index (Phi) is 2.21. The molecule has 0 radical (unpaired) electrons. The van der Waals surface area contributed by atoms with Crippen LogP contribution in [0.4, 0.5) is 0 Å². The van der Waals surface area contributed by atoms with Crippen LogP contribution >= 0.6 is 0 Å². The van der Waals surface area contributed by atoms with Gasteiger partial charge in [-0.25, -0.2) is 0 Å². The van der Waals surface area contributed by atoms with E-state index in [0.717, 1.165) is 11.3 Å². The van der Waals surface area contributed by atoms with E-state index >= 15 is 0 Å². The first kappa shape index (κ1) is 10.4. The lowest BCUT2D eigenvalue weighted by Crippen LogP contribution is -2.25. The van der Waals surface area contributed by atoms with Crippen LogP contribution in [0.15, 0.2) is 6.20 Å². The Balaban J connectivity index is 2.52. The zero-order chi connectivity index (χ0) is 11.2. The maximum atomic E-state index is 11.5. The van der Waals surface area contributed by atoms with Crippen LogP contribution in [0.3, 0.4) is 0 Å². The van der Waals surface area contributed by atoms with E-state index in [1.54, 1.807) is 13.1 Å². The van der Waals surface area contributed by atoms with Crippen molar-refractivity contribution in [3.63, 3.8) is 0 Å². The van der Waals surface area contributed by atoms with Crippen LogP contribution in [0.2, 0.25) is 0 Å². The standard InChI is InChI=1S/C12H18N2O/c1-8(15)10-7-13-14(12(2,3)4)11(10)9-5-6-9/h7,9H,5-6H2,1-4H3. The second kappa shape index (κ2) is 3.19. The molecular weight excluding hydrogens is 188 g/mol. The summed E-state index contributed by atoms with van der Waals surface area (Å²) in [6.45, 7) is 7.98. The molecule has 1 aliphatic carbocycles. The van der Waals surface area contributed by atoms with Crippen molar-refractivity contribution < 1.29 is 4.79 Å². The van der Waals surface area contributed by atoms with Crippen molar-refractivity contribution in [2.24, 2.45) is 0 Å². The first-order valence-electron chi connectivity index (χ1n) is 5.50. The molecule has 1 saturated carbocycles. The van der Waals surface area contributed by atoms with Crippen LogP contribution < -0.4 is 0 Å². The van der Waals surface area contributed by atoms with Gasteiger partial charge in [0.25, 0.3) is 0 Å². The fourth-order valence-corrected chi connectivity index (χ4v) is 1.91. The lowest BCUT2D eigenvalue weighted by Gasteiger charge is -2.22. The number of hydrogen-bond donors (Lipinski definition) is 0. The van der Waals surface area contributed by atoms with Gasteiger partial charge >= 0.3 is 0 Å². The summed E-state index contributed by atoms with van der Waals surface area (Å²) in [4.78, 5) is 11.5. The Labute approximate surface area is 90.5 Å². The molecule has 15 heavy (non-hydrogen) atoms. The van der Waals surface area contributed by atoms with Gasteiger partial charge in [-0.15, -0.1) is 0 Å². The SMILES string of the molecule is CC(=O)c1cnn(C(C)(C)C)c1C1CC1. The maximum absolute atomic E-state index is 11.5. The van der Waals surface area contributed by atoms with Gasteiger partial charge in [0.15, 0.2) is 5.78 Å². The molecule has 0 amide bonds. The number of nitrogens with zero attached hydrogens (tertiary/aromatic N) is 2. The summed E-state index contributed by atoms with van der Waals surface area (Å²) in [5.41, 5.74) is 1.92. The van der Waals surface area contributed by atoms with Crippen molar-refractivity contribution in [2.75, 3.05) is 0 Å². The summed E-state index contributed by atoms with van der Waals surface area (Å²) in [7, 11) is 0. The molecule has 1 aromatic heterocycles. The molecule has 0 spiro atoms. The van der Waals surface area contributed by atoms with E-state index < -0.39 is 0 Å². The summed E-state index contributed by atoms with van der Waals surface area (Å²) >= 11 is 0. The summed E-state index contributed by atoms with van der Waals surface area (Å²) in [5.74, 6) is 0.693. The third kappa shape index (κ3) is 1.83. The van der Waals surface area contributed by atoms with Crippen molar-refractivity contribution in [1.82, 2.24) is 9.78 Å². The van der Waals surface area contributed by atoms with Crippen LogP contribution in [0.25, 0.3) is 0 Å². The van der Waals surface area contributed by atoms with E-state index in [2.05, 4.69) is 25.9 Å². The van der Waals surface area contributed by atoms with Crippen molar-refractivity contribution in [2.45, 2.75) is 52.0 Å². The Morgan fingerprint density at radius 3 is 2.47 bits per heavy atom. The number of hydrogen-bond acceptors (Lipinski definition) is 2. The maximum Gasteiger partial charge on any atom is 0.163 e. The number of ketones is 1. The summed E-state index contributed by atoms with van der Waals surface area (Å²) in [6, 6.07) is 0. The number of carbonyl (C=O) groups excluding carboxylic acids is 1. The van der Waals surface area contributed by atoms with E-state index in [1.807, 2.05) is 4.68 Å². The first-order chi connectivity index (χ1) is 6.91. The molecule has 3 nitrogen and oxygen atoms in total. The van der Waals surface area contributed by atoms with Crippen molar-refractivity contribution in [1.29, 1.82) is 0 Å². The minimum Gasteiger partial charge on any atom is -0.294 e. The fraction of sp³-hybridized carbons (Fsp3) is 0.667. The van der Waals surface area contributed by atoms with Gasteiger partial charge < -0.3 is 0 Å². The van der Waals surface area contributed by atoms with E-state index in [4.69, 9.17) is 0 Å². The van der Waals surface area contributed by atoms with Gasteiger partial charge in [0.05, 0.1) is 23.0 Å². The molecule has 3 heteroatoms. The fourth-order valence-electron chi connectivity index (χ4n) is 1.91. The molecule has 0 saturated heterocycles. The molecule has 0 N–H and O–H groups in total. The molecule has 0 atom stereocenters. The smallest absolute Gasteiger partial charge is 0.163 e. The van der Waals surface area contributed by atoms with E-state index in [0.29, 0.717) is 5.92 Å². The van der Waals surface area contributed by atoms with Crippen LogP contribution in [0.1, 0.15) is 62.5 Å². The molecule has 0 unspecified atom stereocenters. The summed E-state index contributed by atoms with van der Waals surface area (Å²) < 4.78 is 2.02. The first-order valence-corrected chi connectivity index (χ1v) is 5.50. The predicted molar refractivity (Wildman–Crippen MR) is 59.2 cm³/mol. The van der Waals surface area contributed by atoms with Gasteiger partial charge in [-0.05, 0) is 40.5 Å².